The molecular weight excluding hydrogens is 409 g/mol. The highest BCUT2D eigenvalue weighted by Gasteiger charge is 2.50. The van der Waals surface area contributed by atoms with E-state index in [2.05, 4.69) is 46.2 Å². The van der Waals surface area contributed by atoms with E-state index in [1.54, 1.807) is 6.07 Å². The van der Waals surface area contributed by atoms with Crippen molar-refractivity contribution in [2.24, 2.45) is 5.92 Å². The van der Waals surface area contributed by atoms with Crippen LogP contribution in [0.1, 0.15) is 57.1 Å². The van der Waals surface area contributed by atoms with Crippen molar-refractivity contribution in [3.63, 3.8) is 0 Å². The van der Waals surface area contributed by atoms with Gasteiger partial charge in [0.05, 0.1) is 18.3 Å². The largest absolute Gasteiger partial charge is 0.321 e. The minimum Gasteiger partial charge on any atom is -0.321 e. The molecule has 4 atom stereocenters. The number of nitrogens with zero attached hydrogens (tertiary/aromatic N) is 5. The number of hydrogen-bond donors (Lipinski definition) is 2. The fraction of sp³-hybridized carbons (Fsp3) is 0.609. The summed E-state index contributed by atoms with van der Waals surface area (Å²) >= 11 is 0. The average molecular weight is 442 g/mol. The molecule has 2 aromatic rings. The molecule has 2 saturated heterocycles. The van der Waals surface area contributed by atoms with Crippen LogP contribution in [0.2, 0.25) is 0 Å². The normalized spacial score (nSPS) is 29.9. The summed E-state index contributed by atoms with van der Waals surface area (Å²) in [5.41, 5.74) is 2.53. The molecule has 0 bridgehead atoms. The number of piperazine rings is 1. The van der Waals surface area contributed by atoms with E-state index in [-0.39, 0.29) is 29.5 Å². The van der Waals surface area contributed by atoms with Crippen LogP contribution in [0.15, 0.2) is 12.1 Å². The van der Waals surface area contributed by atoms with Crippen LogP contribution in [0, 0.1) is 18.7 Å². The van der Waals surface area contributed by atoms with E-state index in [1.165, 1.54) is 12.5 Å². The van der Waals surface area contributed by atoms with Gasteiger partial charge in [0.15, 0.2) is 17.5 Å². The molecule has 2 amide bonds. The van der Waals surface area contributed by atoms with Crippen LogP contribution in [0.4, 0.5) is 20.8 Å². The SMILES string of the molecule is Cc1ccc(F)c(Nc2n[nH]c3c2CN(C(=O)N2C[C@]4(C)C(C)CCN4C[C@@H]2C)C3C)n1. The maximum atomic E-state index is 14.2. The van der Waals surface area contributed by atoms with Gasteiger partial charge in [0.25, 0.3) is 0 Å². The van der Waals surface area contributed by atoms with E-state index < -0.39 is 5.82 Å². The van der Waals surface area contributed by atoms with Gasteiger partial charge in [-0.1, -0.05) is 6.92 Å². The summed E-state index contributed by atoms with van der Waals surface area (Å²) < 4.78 is 14.2. The van der Waals surface area contributed by atoms with Gasteiger partial charge < -0.3 is 15.1 Å². The summed E-state index contributed by atoms with van der Waals surface area (Å²) in [4.78, 5) is 24.4. The highest BCUT2D eigenvalue weighted by molar-refractivity contribution is 5.77. The van der Waals surface area contributed by atoms with Gasteiger partial charge in [-0.05, 0) is 58.7 Å². The molecule has 5 rings (SSSR count). The lowest BCUT2D eigenvalue weighted by Crippen LogP contribution is -2.65. The molecule has 0 saturated carbocycles. The monoisotopic (exact) mass is 441 g/mol. The lowest BCUT2D eigenvalue weighted by molar-refractivity contribution is -0.00139. The number of amides is 2. The first-order valence-electron chi connectivity index (χ1n) is 11.5. The first kappa shape index (κ1) is 21.2. The minimum absolute atomic E-state index is 0.0298. The van der Waals surface area contributed by atoms with Crippen molar-refractivity contribution in [1.82, 2.24) is 29.9 Å². The summed E-state index contributed by atoms with van der Waals surface area (Å²) in [6.45, 7) is 13.7. The third-order valence-electron chi connectivity index (χ3n) is 7.95. The molecule has 5 heterocycles. The number of pyridine rings is 1. The molecular formula is C23H32FN7O. The van der Waals surface area contributed by atoms with Crippen LogP contribution in [-0.2, 0) is 6.54 Å². The van der Waals surface area contributed by atoms with Crippen LogP contribution in [0.3, 0.4) is 0 Å². The maximum Gasteiger partial charge on any atom is 0.321 e. The Morgan fingerprint density at radius 2 is 2.03 bits per heavy atom. The van der Waals surface area contributed by atoms with Crippen molar-refractivity contribution in [1.29, 1.82) is 0 Å². The highest BCUT2D eigenvalue weighted by atomic mass is 19.1. The number of hydrogen-bond acceptors (Lipinski definition) is 5. The third kappa shape index (κ3) is 3.17. The average Bonchev–Trinajstić information content (AvgIpc) is 3.39. The molecule has 32 heavy (non-hydrogen) atoms. The third-order valence-corrected chi connectivity index (χ3v) is 7.95. The second-order valence-electron chi connectivity index (χ2n) is 9.93. The van der Waals surface area contributed by atoms with E-state index in [9.17, 15) is 9.18 Å². The number of carbonyl (C=O) groups is 1. The van der Waals surface area contributed by atoms with Crippen molar-refractivity contribution in [3.8, 4) is 0 Å². The van der Waals surface area contributed by atoms with Crippen molar-refractivity contribution in [3.05, 3.63) is 34.9 Å². The predicted octanol–water partition coefficient (Wildman–Crippen LogP) is 3.80. The molecule has 2 fully saturated rings. The summed E-state index contributed by atoms with van der Waals surface area (Å²) in [5.74, 6) is 0.792. The molecule has 172 valence electrons. The molecule has 0 aromatic carbocycles. The zero-order valence-corrected chi connectivity index (χ0v) is 19.4. The van der Waals surface area contributed by atoms with Crippen molar-refractivity contribution in [2.45, 2.75) is 65.2 Å². The van der Waals surface area contributed by atoms with Crippen LogP contribution in [0.5, 0.6) is 0 Å². The topological polar surface area (TPSA) is 80.4 Å². The summed E-state index contributed by atoms with van der Waals surface area (Å²) in [6.07, 6.45) is 1.18. The molecule has 2 unspecified atom stereocenters. The van der Waals surface area contributed by atoms with Gasteiger partial charge in [0.2, 0.25) is 0 Å². The Labute approximate surface area is 188 Å². The zero-order chi connectivity index (χ0) is 22.8. The first-order valence-corrected chi connectivity index (χ1v) is 11.5. The maximum absolute atomic E-state index is 14.2. The standard InChI is InChI=1S/C23H32FN7O/c1-13-8-9-29-10-15(3)31(12-23(13,29)5)22(32)30-11-17-19(16(30)4)27-28-20(17)26-21-18(24)7-6-14(2)25-21/h6-7,13,15-16H,8-12H2,1-5H3,(H2,25,26,27,28)/t13?,15-,16?,23+/m0/s1. The molecule has 3 aliphatic rings. The lowest BCUT2D eigenvalue weighted by atomic mass is 9.85. The molecule has 0 radical (unpaired) electrons. The molecule has 9 heteroatoms. The number of aromatic amines is 1. The van der Waals surface area contributed by atoms with E-state index in [1.807, 2.05) is 23.6 Å². The minimum atomic E-state index is -0.433. The Bertz CT molecular complexity index is 1050. The molecule has 0 spiro atoms. The Morgan fingerprint density at radius 1 is 1.25 bits per heavy atom. The van der Waals surface area contributed by atoms with Gasteiger partial charge >= 0.3 is 6.03 Å². The van der Waals surface area contributed by atoms with E-state index >= 15 is 0 Å². The highest BCUT2D eigenvalue weighted by Crippen LogP contribution is 2.41. The fourth-order valence-corrected chi connectivity index (χ4v) is 5.55. The van der Waals surface area contributed by atoms with Gasteiger partial charge in [-0.2, -0.15) is 5.10 Å². The zero-order valence-electron chi connectivity index (χ0n) is 19.4. The smallest absolute Gasteiger partial charge is 0.321 e. The number of fused-ring (bicyclic) bond motifs is 2. The number of rotatable bonds is 2. The number of nitrogens with one attached hydrogen (secondary N) is 2. The van der Waals surface area contributed by atoms with E-state index in [0.29, 0.717) is 24.0 Å². The number of halogens is 1. The second-order valence-corrected chi connectivity index (χ2v) is 9.93. The Hall–Kier alpha value is -2.68. The summed E-state index contributed by atoms with van der Waals surface area (Å²) in [7, 11) is 0. The molecule has 2 N–H and O–H groups in total. The van der Waals surface area contributed by atoms with E-state index in [0.717, 1.165) is 30.9 Å². The van der Waals surface area contributed by atoms with Crippen LogP contribution in [0.25, 0.3) is 0 Å². The lowest BCUT2D eigenvalue weighted by Gasteiger charge is -2.51. The summed E-state index contributed by atoms with van der Waals surface area (Å²) in [6, 6.07) is 3.11. The second kappa shape index (κ2) is 7.43. The number of anilines is 2. The van der Waals surface area contributed by atoms with Crippen molar-refractivity contribution < 1.29 is 9.18 Å². The number of urea groups is 1. The van der Waals surface area contributed by atoms with Gasteiger partial charge in [0, 0.05) is 35.9 Å². The Morgan fingerprint density at radius 3 is 2.81 bits per heavy atom. The van der Waals surface area contributed by atoms with Crippen molar-refractivity contribution >= 4 is 17.7 Å². The Balaban J connectivity index is 1.36. The van der Waals surface area contributed by atoms with Gasteiger partial charge in [-0.3, -0.25) is 10.00 Å². The number of aryl methyl sites for hydroxylation is 1. The van der Waals surface area contributed by atoms with Gasteiger partial charge in [-0.15, -0.1) is 0 Å². The first-order chi connectivity index (χ1) is 15.2. The number of carbonyl (C=O) groups excluding carboxylic acids is 1. The fourth-order valence-electron chi connectivity index (χ4n) is 5.55. The molecule has 2 aromatic heterocycles. The Kier molecular flexibility index (Phi) is 4.92. The molecule has 0 aliphatic carbocycles. The van der Waals surface area contributed by atoms with Gasteiger partial charge in [0.1, 0.15) is 0 Å². The quantitative estimate of drug-likeness (QED) is 0.741. The molecule has 8 nitrogen and oxygen atoms in total. The van der Waals surface area contributed by atoms with E-state index in [4.69, 9.17) is 0 Å². The number of aromatic nitrogens is 3. The summed E-state index contributed by atoms with van der Waals surface area (Å²) in [5, 5.41) is 10.4. The van der Waals surface area contributed by atoms with Crippen LogP contribution >= 0.6 is 0 Å². The van der Waals surface area contributed by atoms with Crippen LogP contribution in [-0.4, -0.2) is 67.1 Å². The number of H-pyrrole nitrogens is 1. The van der Waals surface area contributed by atoms with Crippen molar-refractivity contribution in [2.75, 3.05) is 25.0 Å². The molecule has 3 aliphatic heterocycles. The predicted molar refractivity (Wildman–Crippen MR) is 120 cm³/mol. The van der Waals surface area contributed by atoms with Gasteiger partial charge in [-0.25, -0.2) is 14.2 Å². The van der Waals surface area contributed by atoms with Crippen LogP contribution < -0.4 is 5.32 Å².